The molecule has 0 N–H and O–H groups in total. The van der Waals surface area contributed by atoms with Gasteiger partial charge in [0.05, 0.1) is 33.4 Å². The maximum atomic E-state index is 5.30. The van der Waals surface area contributed by atoms with E-state index in [2.05, 4.69) is 146 Å². The van der Waals surface area contributed by atoms with Crippen molar-refractivity contribution in [2.24, 2.45) is 0 Å². The molecule has 8 heteroatoms. The molecule has 0 bridgehead atoms. The van der Waals surface area contributed by atoms with Crippen molar-refractivity contribution in [3.63, 3.8) is 0 Å². The van der Waals surface area contributed by atoms with E-state index in [0.29, 0.717) is 34.9 Å². The summed E-state index contributed by atoms with van der Waals surface area (Å²) in [6, 6.07) is 81.1. The highest BCUT2D eigenvalue weighted by Gasteiger charge is 2.25. The van der Waals surface area contributed by atoms with Gasteiger partial charge < -0.3 is 9.13 Å². The Kier molecular flexibility index (Phi) is 11.2. The molecule has 0 aliphatic rings. The van der Waals surface area contributed by atoms with Crippen LogP contribution in [0, 0.1) is 27.7 Å². The summed E-state index contributed by atoms with van der Waals surface area (Å²) in [5.41, 5.74) is 18.4. The molecule has 0 unspecified atom stereocenters. The molecule has 0 spiro atoms. The van der Waals surface area contributed by atoms with Crippen molar-refractivity contribution in [3.05, 3.63) is 253 Å². The molecule has 4 aromatic heterocycles. The van der Waals surface area contributed by atoms with Crippen LogP contribution >= 0.6 is 0 Å². The molecular formula is C70H50N8. The van der Waals surface area contributed by atoms with Crippen LogP contribution in [0.1, 0.15) is 22.3 Å². The lowest BCUT2D eigenvalue weighted by Gasteiger charge is -2.21. The molecule has 8 nitrogen and oxygen atoms in total. The summed E-state index contributed by atoms with van der Waals surface area (Å²) in [5, 5.41) is 4.76. The maximum absolute atomic E-state index is 5.30. The van der Waals surface area contributed by atoms with Gasteiger partial charge in [0.25, 0.3) is 0 Å². The Morgan fingerprint density at radius 3 is 0.731 bits per heavy atom. The highest BCUT2D eigenvalue weighted by atomic mass is 15.1. The molecule has 4 heterocycles. The Morgan fingerprint density at radius 2 is 0.474 bits per heavy atom. The topological polar surface area (TPSA) is 87.2 Å². The molecule has 0 aliphatic heterocycles. The van der Waals surface area contributed by atoms with Crippen molar-refractivity contribution in [2.75, 3.05) is 0 Å². The summed E-state index contributed by atoms with van der Waals surface area (Å²) in [6.07, 6.45) is 0. The predicted octanol–water partition coefficient (Wildman–Crippen LogP) is 17.2. The van der Waals surface area contributed by atoms with E-state index in [1.807, 2.05) is 121 Å². The van der Waals surface area contributed by atoms with Crippen LogP contribution in [0.25, 0.3) is 134 Å². The molecule has 10 aromatic carbocycles. The number of hydrogen-bond donors (Lipinski definition) is 0. The third kappa shape index (κ3) is 8.18. The van der Waals surface area contributed by atoms with E-state index in [1.54, 1.807) is 0 Å². The normalized spacial score (nSPS) is 11.6. The summed E-state index contributed by atoms with van der Waals surface area (Å²) < 4.78 is 4.86. The molecule has 78 heavy (non-hydrogen) atoms. The van der Waals surface area contributed by atoms with Gasteiger partial charge >= 0.3 is 0 Å². The van der Waals surface area contributed by atoms with Gasteiger partial charge in [-0.3, -0.25) is 0 Å². The molecular weight excluding hydrogens is 953 g/mol. The predicted molar refractivity (Wildman–Crippen MR) is 319 cm³/mol. The van der Waals surface area contributed by atoms with Gasteiger partial charge in [-0.25, -0.2) is 29.9 Å². The smallest absolute Gasteiger partial charge is 0.164 e. The minimum atomic E-state index is 0.557. The van der Waals surface area contributed by atoms with E-state index in [4.69, 9.17) is 29.9 Å². The molecule has 0 amide bonds. The number of rotatable bonds is 9. The van der Waals surface area contributed by atoms with E-state index in [9.17, 15) is 0 Å². The van der Waals surface area contributed by atoms with Crippen LogP contribution in [-0.4, -0.2) is 39.0 Å². The van der Waals surface area contributed by atoms with Gasteiger partial charge in [0, 0.05) is 66.1 Å². The third-order valence-electron chi connectivity index (χ3n) is 14.8. The number of hydrogen-bond acceptors (Lipinski definition) is 6. The standard InChI is InChI=1S/C70H50N8/c1-43-25-31-59-53(37-43)54-38-44(2)26-32-60(54)77(59)63-35-29-51(69-73-65(47-17-9-5-10-18-47)71-66(74-69)48-19-11-6-12-20-48)41-57(63)58-42-52(70-75-67(49-21-13-7-14-22-49)72-68(76-70)50-23-15-8-16-24-50)30-36-64(58)78-61-33-27-45(3)39-55(61)56-40-46(4)28-34-62(56)78/h5-42H,1-4H3. The highest BCUT2D eigenvalue weighted by molar-refractivity contribution is 6.12. The average molecular weight is 1000 g/mol. The fourth-order valence-corrected chi connectivity index (χ4v) is 11.1. The van der Waals surface area contributed by atoms with Gasteiger partial charge in [-0.05, 0) is 113 Å². The maximum Gasteiger partial charge on any atom is 0.164 e. The first-order valence-corrected chi connectivity index (χ1v) is 26.3. The minimum absolute atomic E-state index is 0.557. The Morgan fingerprint density at radius 1 is 0.231 bits per heavy atom. The van der Waals surface area contributed by atoms with Crippen LogP contribution < -0.4 is 0 Å². The highest BCUT2D eigenvalue weighted by Crippen LogP contribution is 2.44. The van der Waals surface area contributed by atoms with Crippen LogP contribution in [-0.2, 0) is 0 Å². The Labute approximate surface area is 451 Å². The van der Waals surface area contributed by atoms with E-state index >= 15 is 0 Å². The van der Waals surface area contributed by atoms with Crippen LogP contribution in [0.4, 0.5) is 0 Å². The molecule has 14 rings (SSSR count). The van der Waals surface area contributed by atoms with Crippen molar-refractivity contribution in [3.8, 4) is 90.8 Å². The Hall–Kier alpha value is -10.2. The first-order chi connectivity index (χ1) is 38.3. The van der Waals surface area contributed by atoms with E-state index in [1.165, 1.54) is 43.8 Å². The van der Waals surface area contributed by atoms with Crippen LogP contribution in [0.2, 0.25) is 0 Å². The van der Waals surface area contributed by atoms with Gasteiger partial charge in [0.15, 0.2) is 34.9 Å². The lowest BCUT2D eigenvalue weighted by molar-refractivity contribution is 1.07. The summed E-state index contributed by atoms with van der Waals surface area (Å²) in [7, 11) is 0. The lowest BCUT2D eigenvalue weighted by Crippen LogP contribution is -2.05. The summed E-state index contributed by atoms with van der Waals surface area (Å²) in [6.45, 7) is 8.67. The molecule has 0 aliphatic carbocycles. The second-order valence-electron chi connectivity index (χ2n) is 20.3. The molecule has 0 fully saturated rings. The van der Waals surface area contributed by atoms with Gasteiger partial charge in [-0.2, -0.15) is 0 Å². The fourth-order valence-electron chi connectivity index (χ4n) is 11.1. The molecule has 0 saturated heterocycles. The van der Waals surface area contributed by atoms with Crippen LogP contribution in [0.15, 0.2) is 231 Å². The summed E-state index contributed by atoms with van der Waals surface area (Å²) in [5.74, 6) is 3.49. The van der Waals surface area contributed by atoms with Crippen molar-refractivity contribution in [2.45, 2.75) is 27.7 Å². The number of aromatic nitrogens is 8. The lowest BCUT2D eigenvalue weighted by atomic mass is 9.95. The zero-order valence-corrected chi connectivity index (χ0v) is 43.5. The zero-order valence-electron chi connectivity index (χ0n) is 43.5. The van der Waals surface area contributed by atoms with Gasteiger partial charge in [0.2, 0.25) is 0 Å². The second kappa shape index (κ2) is 18.9. The molecule has 0 atom stereocenters. The van der Waals surface area contributed by atoms with Crippen molar-refractivity contribution in [1.29, 1.82) is 0 Å². The van der Waals surface area contributed by atoms with Gasteiger partial charge in [0.1, 0.15) is 0 Å². The first-order valence-electron chi connectivity index (χ1n) is 26.3. The molecule has 0 saturated carbocycles. The third-order valence-corrected chi connectivity index (χ3v) is 14.8. The monoisotopic (exact) mass is 1000 g/mol. The van der Waals surface area contributed by atoms with Crippen LogP contribution in [0.5, 0.6) is 0 Å². The Balaban J connectivity index is 1.11. The van der Waals surface area contributed by atoms with E-state index in [-0.39, 0.29) is 0 Å². The summed E-state index contributed by atoms with van der Waals surface area (Å²) >= 11 is 0. The minimum Gasteiger partial charge on any atom is -0.309 e. The SMILES string of the molecule is Cc1ccc2c(c1)c1cc(C)ccc1n2-c1ccc(-c2nc(-c3ccccc3)nc(-c3ccccc3)n2)cc1-c1cc(-c2nc(-c3ccccc3)nc(-c3ccccc3)n2)ccc1-n1c2ccc(C)cc2c2cc(C)ccc21. The first kappa shape index (κ1) is 46.4. The quantitative estimate of drug-likeness (QED) is 0.143. The number of fused-ring (bicyclic) bond motifs is 6. The summed E-state index contributed by atoms with van der Waals surface area (Å²) in [4.78, 5) is 31.4. The van der Waals surface area contributed by atoms with E-state index < -0.39 is 0 Å². The van der Waals surface area contributed by atoms with Gasteiger partial charge in [-0.15, -0.1) is 0 Å². The van der Waals surface area contributed by atoms with Crippen molar-refractivity contribution >= 4 is 43.6 Å². The van der Waals surface area contributed by atoms with Crippen molar-refractivity contribution < 1.29 is 0 Å². The fraction of sp³-hybridized carbons (Fsp3) is 0.0571. The van der Waals surface area contributed by atoms with Gasteiger partial charge in [-0.1, -0.05) is 168 Å². The zero-order chi connectivity index (χ0) is 52.4. The molecule has 0 radical (unpaired) electrons. The molecule has 370 valence electrons. The second-order valence-corrected chi connectivity index (χ2v) is 20.3. The number of aryl methyl sites for hydroxylation is 4. The van der Waals surface area contributed by atoms with Crippen molar-refractivity contribution in [1.82, 2.24) is 39.0 Å². The number of benzene rings is 10. The largest absolute Gasteiger partial charge is 0.309 e. The Bertz CT molecular complexity index is 4110. The van der Waals surface area contributed by atoms with Crippen LogP contribution in [0.3, 0.4) is 0 Å². The molecule has 14 aromatic rings. The van der Waals surface area contributed by atoms with E-state index in [0.717, 1.165) is 77.9 Å². The average Bonchev–Trinajstić information content (AvgIpc) is 4.16. The number of nitrogens with zero attached hydrogens (tertiary/aromatic N) is 8.